The molecule has 1 aromatic rings. The van der Waals surface area contributed by atoms with Gasteiger partial charge in [0.25, 0.3) is 0 Å². The minimum absolute atomic E-state index is 0.402. The summed E-state index contributed by atoms with van der Waals surface area (Å²) in [7, 11) is 0. The molecule has 1 saturated heterocycles. The Hall–Kier alpha value is -0.730. The van der Waals surface area contributed by atoms with Gasteiger partial charge in [0.15, 0.2) is 0 Å². The number of rotatable bonds is 2. The first-order chi connectivity index (χ1) is 8.36. The number of nitrogens with zero attached hydrogens (tertiary/aromatic N) is 1. The zero-order chi connectivity index (χ0) is 13.3. The van der Waals surface area contributed by atoms with Gasteiger partial charge in [-0.3, -0.25) is 4.90 Å². The number of hydrogen-bond acceptors (Lipinski definition) is 2. The molecule has 0 radical (unpaired) electrons. The Kier molecular flexibility index (Phi) is 3.88. The molecule has 1 fully saturated rings. The van der Waals surface area contributed by atoms with Crippen LogP contribution in [0.1, 0.15) is 32.8 Å². The Balaban J connectivity index is 1.99. The van der Waals surface area contributed by atoms with E-state index in [2.05, 4.69) is 25.7 Å². The topological polar surface area (TPSA) is 29.3 Å². The second-order valence-electron chi connectivity index (χ2n) is 6.44. The van der Waals surface area contributed by atoms with Crippen molar-refractivity contribution in [3.8, 4) is 0 Å². The molecule has 1 aliphatic rings. The fourth-order valence-electron chi connectivity index (χ4n) is 2.62. The average Bonchev–Trinajstić information content (AvgIpc) is 2.70. The van der Waals surface area contributed by atoms with Crippen LogP contribution < -0.4 is 5.73 Å². The van der Waals surface area contributed by atoms with E-state index < -0.39 is 0 Å². The summed E-state index contributed by atoms with van der Waals surface area (Å²) in [6.07, 6.45) is 1.29. The van der Waals surface area contributed by atoms with Crippen molar-refractivity contribution in [2.45, 2.75) is 33.7 Å². The Morgan fingerprint density at radius 1 is 1.39 bits per heavy atom. The zero-order valence-electron chi connectivity index (χ0n) is 11.5. The molecule has 2 N–H and O–H groups in total. The molecule has 18 heavy (non-hydrogen) atoms. The Morgan fingerprint density at radius 2 is 2.11 bits per heavy atom. The van der Waals surface area contributed by atoms with Crippen LogP contribution in [0.5, 0.6) is 0 Å². The lowest BCUT2D eigenvalue weighted by Crippen LogP contribution is -2.25. The van der Waals surface area contributed by atoms with Gasteiger partial charge in [0.1, 0.15) is 0 Å². The fourth-order valence-corrected chi connectivity index (χ4v) is 2.86. The van der Waals surface area contributed by atoms with Gasteiger partial charge in [-0.05, 0) is 42.0 Å². The number of nitrogen functional groups attached to an aromatic ring is 1. The monoisotopic (exact) mass is 266 g/mol. The van der Waals surface area contributed by atoms with Gasteiger partial charge >= 0.3 is 0 Å². The highest BCUT2D eigenvalue weighted by Gasteiger charge is 2.31. The highest BCUT2D eigenvalue weighted by molar-refractivity contribution is 6.31. The first-order valence-corrected chi connectivity index (χ1v) is 7.00. The third-order valence-electron chi connectivity index (χ3n) is 3.97. The van der Waals surface area contributed by atoms with Crippen LogP contribution in [0, 0.1) is 11.3 Å². The van der Waals surface area contributed by atoms with Crippen molar-refractivity contribution in [3.05, 3.63) is 28.8 Å². The van der Waals surface area contributed by atoms with Crippen molar-refractivity contribution in [2.24, 2.45) is 11.3 Å². The number of likely N-dealkylation sites (tertiary alicyclic amines) is 1. The Bertz CT molecular complexity index is 423. The standard InChI is InChI=1S/C15H23ClN2/c1-15(2,3)12-6-7-18(10-12)9-11-4-5-13(17)8-14(11)16/h4-5,8,12H,6-7,9-10,17H2,1-3H3. The Morgan fingerprint density at radius 3 is 2.67 bits per heavy atom. The summed E-state index contributed by atoms with van der Waals surface area (Å²) in [6, 6.07) is 5.81. The summed E-state index contributed by atoms with van der Waals surface area (Å²) >= 11 is 6.23. The maximum absolute atomic E-state index is 6.23. The number of benzene rings is 1. The molecule has 0 bridgehead atoms. The molecule has 0 saturated carbocycles. The molecule has 1 heterocycles. The minimum atomic E-state index is 0.402. The highest BCUT2D eigenvalue weighted by Crippen LogP contribution is 2.34. The zero-order valence-corrected chi connectivity index (χ0v) is 12.3. The van der Waals surface area contributed by atoms with E-state index in [0.717, 1.165) is 23.2 Å². The van der Waals surface area contributed by atoms with Gasteiger partial charge in [-0.15, -0.1) is 0 Å². The van der Waals surface area contributed by atoms with Crippen molar-refractivity contribution in [1.82, 2.24) is 4.90 Å². The van der Waals surface area contributed by atoms with E-state index in [1.165, 1.54) is 25.1 Å². The normalized spacial score (nSPS) is 21.4. The van der Waals surface area contributed by atoms with Gasteiger partial charge < -0.3 is 5.73 Å². The molecule has 1 atom stereocenters. The van der Waals surface area contributed by atoms with Gasteiger partial charge in [-0.1, -0.05) is 38.4 Å². The molecule has 3 heteroatoms. The lowest BCUT2D eigenvalue weighted by molar-refractivity contribution is 0.226. The van der Waals surface area contributed by atoms with Crippen molar-refractivity contribution in [3.63, 3.8) is 0 Å². The molecule has 2 nitrogen and oxygen atoms in total. The van der Waals surface area contributed by atoms with Crippen molar-refractivity contribution < 1.29 is 0 Å². The van der Waals surface area contributed by atoms with Crippen molar-refractivity contribution >= 4 is 17.3 Å². The molecular formula is C15H23ClN2. The number of nitrogens with two attached hydrogens (primary N) is 1. The van der Waals surface area contributed by atoms with E-state index in [9.17, 15) is 0 Å². The number of hydrogen-bond donors (Lipinski definition) is 1. The minimum Gasteiger partial charge on any atom is -0.399 e. The van der Waals surface area contributed by atoms with Crippen LogP contribution in [0.3, 0.4) is 0 Å². The predicted molar refractivity (Wildman–Crippen MR) is 78.7 cm³/mol. The van der Waals surface area contributed by atoms with Crippen molar-refractivity contribution in [1.29, 1.82) is 0 Å². The largest absolute Gasteiger partial charge is 0.399 e. The van der Waals surface area contributed by atoms with E-state index in [4.69, 9.17) is 17.3 Å². The summed E-state index contributed by atoms with van der Waals surface area (Å²) in [5.74, 6) is 0.782. The first kappa shape index (κ1) is 13.7. The SMILES string of the molecule is CC(C)(C)C1CCN(Cc2ccc(N)cc2Cl)C1. The van der Waals surface area contributed by atoms with Gasteiger partial charge in [-0.25, -0.2) is 0 Å². The third kappa shape index (κ3) is 3.18. The number of halogens is 1. The van der Waals surface area contributed by atoms with E-state index in [1.807, 2.05) is 18.2 Å². The third-order valence-corrected chi connectivity index (χ3v) is 4.32. The van der Waals surface area contributed by atoms with Crippen LogP contribution in [0.2, 0.25) is 5.02 Å². The number of anilines is 1. The smallest absolute Gasteiger partial charge is 0.0471 e. The second kappa shape index (κ2) is 5.10. The van der Waals surface area contributed by atoms with Crippen LogP contribution in [0.15, 0.2) is 18.2 Å². The Labute approximate surface area is 115 Å². The average molecular weight is 267 g/mol. The molecule has 0 spiro atoms. The van der Waals surface area contributed by atoms with E-state index in [1.54, 1.807) is 0 Å². The van der Waals surface area contributed by atoms with E-state index in [-0.39, 0.29) is 0 Å². The van der Waals surface area contributed by atoms with Crippen LogP contribution >= 0.6 is 11.6 Å². The predicted octanol–water partition coefficient (Wildman–Crippen LogP) is 3.79. The molecule has 1 aliphatic heterocycles. The summed E-state index contributed by atoms with van der Waals surface area (Å²) < 4.78 is 0. The summed E-state index contributed by atoms with van der Waals surface area (Å²) in [5, 5.41) is 0.786. The van der Waals surface area contributed by atoms with Gasteiger partial charge in [0.05, 0.1) is 0 Å². The fraction of sp³-hybridized carbons (Fsp3) is 0.600. The molecule has 1 aromatic carbocycles. The van der Waals surface area contributed by atoms with Crippen molar-refractivity contribution in [2.75, 3.05) is 18.8 Å². The maximum Gasteiger partial charge on any atom is 0.0471 e. The van der Waals surface area contributed by atoms with Gasteiger partial charge in [-0.2, -0.15) is 0 Å². The summed E-state index contributed by atoms with van der Waals surface area (Å²) in [4.78, 5) is 2.49. The highest BCUT2D eigenvalue weighted by atomic mass is 35.5. The lowest BCUT2D eigenvalue weighted by atomic mass is 9.80. The summed E-state index contributed by atoms with van der Waals surface area (Å²) in [6.45, 7) is 10.3. The lowest BCUT2D eigenvalue weighted by Gasteiger charge is -2.27. The molecular weight excluding hydrogens is 244 g/mol. The van der Waals surface area contributed by atoms with Crippen LogP contribution in [-0.4, -0.2) is 18.0 Å². The van der Waals surface area contributed by atoms with Gasteiger partial charge in [0.2, 0.25) is 0 Å². The molecule has 1 unspecified atom stereocenters. The van der Waals surface area contributed by atoms with E-state index >= 15 is 0 Å². The summed E-state index contributed by atoms with van der Waals surface area (Å²) in [5.41, 5.74) is 8.03. The second-order valence-corrected chi connectivity index (χ2v) is 6.84. The molecule has 2 rings (SSSR count). The maximum atomic E-state index is 6.23. The van der Waals surface area contributed by atoms with E-state index in [0.29, 0.717) is 5.41 Å². The molecule has 100 valence electrons. The quantitative estimate of drug-likeness (QED) is 0.826. The van der Waals surface area contributed by atoms with Crippen LogP contribution in [-0.2, 0) is 6.54 Å². The first-order valence-electron chi connectivity index (χ1n) is 6.62. The van der Waals surface area contributed by atoms with Crippen LogP contribution in [0.25, 0.3) is 0 Å². The van der Waals surface area contributed by atoms with Crippen LogP contribution in [0.4, 0.5) is 5.69 Å². The molecule has 0 aromatic heterocycles. The molecule has 0 amide bonds. The van der Waals surface area contributed by atoms with Gasteiger partial charge in [0, 0.05) is 23.8 Å². The molecule has 0 aliphatic carbocycles.